The number of benzene rings is 2. The molecule has 172 valence electrons. The number of aryl methyl sites for hydroxylation is 1. The van der Waals surface area contributed by atoms with Crippen LogP contribution in [0.4, 0.5) is 0 Å². The summed E-state index contributed by atoms with van der Waals surface area (Å²) in [6, 6.07) is 11.2. The van der Waals surface area contributed by atoms with E-state index in [0.717, 1.165) is 25.3 Å². The predicted octanol–water partition coefficient (Wildman–Crippen LogP) is 3.66. The smallest absolute Gasteiger partial charge is 0.870 e. The summed E-state index contributed by atoms with van der Waals surface area (Å²) in [7, 11) is -4.45. The number of hydrogen-bond donors (Lipinski definition) is 1. The Kier molecular flexibility index (Phi) is 15.0. The van der Waals surface area contributed by atoms with E-state index in [1.807, 2.05) is 6.07 Å². The van der Waals surface area contributed by atoms with Gasteiger partial charge in [-0.05, 0) is 42.7 Å². The van der Waals surface area contributed by atoms with E-state index in [1.54, 1.807) is 24.3 Å². The monoisotopic (exact) mass is 486 g/mol. The summed E-state index contributed by atoms with van der Waals surface area (Å²) in [6.45, 7) is 2.23. The van der Waals surface area contributed by atoms with Crippen LogP contribution in [0.5, 0.6) is 17.2 Å². The van der Waals surface area contributed by atoms with Crippen molar-refractivity contribution >= 4 is 10.1 Å². The number of rotatable bonds is 15. The maximum atomic E-state index is 12.5. The van der Waals surface area contributed by atoms with Crippen LogP contribution < -0.4 is 61.2 Å². The summed E-state index contributed by atoms with van der Waals surface area (Å²) in [4.78, 5) is -0.379. The van der Waals surface area contributed by atoms with Crippen molar-refractivity contribution in [1.29, 1.82) is 0 Å². The third kappa shape index (κ3) is 11.1. The largest absolute Gasteiger partial charge is 1.00 e. The molecule has 0 amide bonds. The molecule has 0 aromatic heterocycles. The summed E-state index contributed by atoms with van der Waals surface area (Å²) in [6.07, 6.45) is 13.8. The minimum Gasteiger partial charge on any atom is -0.870 e. The number of para-hydroxylation sites is 1. The van der Waals surface area contributed by atoms with Gasteiger partial charge in [0.2, 0.25) is 0 Å². The van der Waals surface area contributed by atoms with Crippen molar-refractivity contribution in [2.75, 3.05) is 0 Å². The van der Waals surface area contributed by atoms with Gasteiger partial charge in [0.05, 0.1) is 4.90 Å². The number of unbranched alkanes of at least 4 members (excludes halogenated alkanes) is 10. The first-order chi connectivity index (χ1) is 14.9. The first-order valence-electron chi connectivity index (χ1n) is 11.5. The average Bonchev–Trinajstić information content (AvgIpc) is 2.74. The molecule has 0 atom stereocenters. The maximum absolute atomic E-state index is 12.5. The van der Waals surface area contributed by atoms with Crippen LogP contribution in [0.3, 0.4) is 0 Å². The minimum atomic E-state index is -4.45. The van der Waals surface area contributed by atoms with Crippen molar-refractivity contribution in [2.45, 2.75) is 88.9 Å². The van der Waals surface area contributed by atoms with Crippen molar-refractivity contribution in [3.05, 3.63) is 48.0 Å². The zero-order valence-electron chi connectivity index (χ0n) is 19.5. The van der Waals surface area contributed by atoms with E-state index in [1.165, 1.54) is 57.4 Å². The summed E-state index contributed by atoms with van der Waals surface area (Å²) in [5.74, 6) is 0.0992. The molecule has 0 aliphatic heterocycles. The fourth-order valence-electron chi connectivity index (χ4n) is 3.67. The Hall–Kier alpha value is -0.414. The minimum absolute atomic E-state index is 0. The molecule has 7 heteroatoms. The molecule has 0 radical (unpaired) electrons. The Balaban J connectivity index is 0.00000512. The molecule has 5 nitrogen and oxygen atoms in total. The standard InChI is InChI=1S/C25H36O5S.K/c1-2-3-4-5-6-7-8-9-10-11-13-16-21-19-23(31(27,28)29)20-24(26)25(21)30-22-17-14-12-15-18-22;/h12,14-15,17-20,26H,2-11,13,16H2,1H3,(H,27,28,29);/q;+1/p-1. The van der Waals surface area contributed by atoms with Gasteiger partial charge in [0.15, 0.2) is 0 Å². The third-order valence-electron chi connectivity index (χ3n) is 5.42. The zero-order chi connectivity index (χ0) is 22.5. The second kappa shape index (κ2) is 16.3. The molecule has 0 aliphatic rings. The summed E-state index contributed by atoms with van der Waals surface area (Å²) < 4.78 is 38.2. The van der Waals surface area contributed by atoms with Crippen molar-refractivity contribution in [2.24, 2.45) is 0 Å². The van der Waals surface area contributed by atoms with Crippen LogP contribution in [-0.2, 0) is 16.5 Å². The van der Waals surface area contributed by atoms with Crippen LogP contribution in [0.15, 0.2) is 47.4 Å². The van der Waals surface area contributed by atoms with E-state index >= 15 is 0 Å². The molecule has 0 spiro atoms. The Morgan fingerprint density at radius 2 is 1.38 bits per heavy atom. The van der Waals surface area contributed by atoms with Crippen molar-refractivity contribution < 1.29 is 74.2 Å². The summed E-state index contributed by atoms with van der Waals surface area (Å²) in [5.41, 5.74) is 0.514. The number of ether oxygens (including phenoxy) is 1. The fraction of sp³-hybridized carbons (Fsp3) is 0.520. The molecular formula is C25H35KO5S. The molecule has 0 unspecified atom stereocenters. The van der Waals surface area contributed by atoms with Crippen LogP contribution in [0.2, 0.25) is 0 Å². The van der Waals surface area contributed by atoms with Gasteiger partial charge in [-0.2, -0.15) is 8.42 Å². The van der Waals surface area contributed by atoms with E-state index in [-0.39, 0.29) is 62.0 Å². The normalized spacial score (nSPS) is 11.2. The molecule has 0 saturated carbocycles. The predicted molar refractivity (Wildman–Crippen MR) is 122 cm³/mol. The third-order valence-corrected chi connectivity index (χ3v) is 6.25. The second-order valence-corrected chi connectivity index (χ2v) is 9.51. The first-order valence-corrected chi connectivity index (χ1v) is 12.9. The van der Waals surface area contributed by atoms with Crippen LogP contribution in [0, 0.1) is 0 Å². The van der Waals surface area contributed by atoms with Gasteiger partial charge in [0.1, 0.15) is 11.5 Å². The Labute approximate surface area is 236 Å². The second-order valence-electron chi connectivity index (χ2n) is 8.09. The van der Waals surface area contributed by atoms with Crippen LogP contribution in [0.1, 0.15) is 83.1 Å². The molecule has 0 fully saturated rings. The van der Waals surface area contributed by atoms with Gasteiger partial charge in [0, 0.05) is 0 Å². The van der Waals surface area contributed by atoms with Gasteiger partial charge in [-0.3, -0.25) is 4.55 Å². The van der Waals surface area contributed by atoms with Gasteiger partial charge < -0.3 is 9.84 Å². The van der Waals surface area contributed by atoms with Crippen LogP contribution in [-0.4, -0.2) is 13.0 Å². The van der Waals surface area contributed by atoms with Gasteiger partial charge >= 0.3 is 51.4 Å². The van der Waals surface area contributed by atoms with Gasteiger partial charge in [-0.25, -0.2) is 0 Å². The summed E-state index contributed by atoms with van der Waals surface area (Å²) >= 11 is 0. The Bertz CT molecular complexity index is 885. The molecule has 32 heavy (non-hydrogen) atoms. The van der Waals surface area contributed by atoms with E-state index in [0.29, 0.717) is 17.7 Å². The van der Waals surface area contributed by atoms with Gasteiger partial charge in [-0.1, -0.05) is 95.1 Å². The quantitative estimate of drug-likeness (QED) is 0.236. The van der Waals surface area contributed by atoms with Gasteiger partial charge in [-0.15, -0.1) is 0 Å². The fourth-order valence-corrected chi connectivity index (χ4v) is 4.22. The van der Waals surface area contributed by atoms with Crippen molar-refractivity contribution in [3.63, 3.8) is 0 Å². The van der Waals surface area contributed by atoms with E-state index in [9.17, 15) is 18.1 Å². The molecular weight excluding hydrogens is 451 g/mol. The average molecular weight is 487 g/mol. The molecule has 2 rings (SSSR count). The zero-order valence-corrected chi connectivity index (χ0v) is 23.5. The van der Waals surface area contributed by atoms with Crippen molar-refractivity contribution in [3.8, 4) is 17.2 Å². The maximum Gasteiger partial charge on any atom is 1.00 e. The summed E-state index contributed by atoms with van der Waals surface area (Å²) in [5, 5.41) is 12.5. The van der Waals surface area contributed by atoms with E-state index in [2.05, 4.69) is 6.92 Å². The molecule has 1 N–H and O–H groups in total. The van der Waals surface area contributed by atoms with E-state index in [4.69, 9.17) is 4.74 Å². The molecule has 0 bridgehead atoms. The molecule has 0 heterocycles. The molecule has 2 aromatic carbocycles. The number of hydrogen-bond acceptors (Lipinski definition) is 4. The van der Waals surface area contributed by atoms with Gasteiger partial charge in [0.25, 0.3) is 10.1 Å². The molecule has 2 aromatic rings. The van der Waals surface area contributed by atoms with Crippen molar-refractivity contribution in [1.82, 2.24) is 0 Å². The Morgan fingerprint density at radius 3 is 1.91 bits per heavy atom. The Morgan fingerprint density at radius 1 is 0.844 bits per heavy atom. The molecule has 0 aliphatic carbocycles. The topological polar surface area (TPSA) is 86.7 Å². The van der Waals surface area contributed by atoms with Crippen LogP contribution >= 0.6 is 0 Å². The molecule has 0 saturated heterocycles. The van der Waals surface area contributed by atoms with E-state index < -0.39 is 15.9 Å². The first kappa shape index (κ1) is 29.6. The van der Waals surface area contributed by atoms with Crippen LogP contribution in [0.25, 0.3) is 0 Å². The SMILES string of the molecule is CCCCCCCCCCCCCc1cc(S(=O)(=O)O)cc([O-])c1Oc1ccccc1.[K+].